The van der Waals surface area contributed by atoms with Crippen LogP contribution in [0.3, 0.4) is 0 Å². The highest BCUT2D eigenvalue weighted by atomic mass is 16.5. The molecular weight excluding hydrogens is 362 g/mol. The van der Waals surface area contributed by atoms with Gasteiger partial charge in [-0.1, -0.05) is 35.5 Å². The summed E-state index contributed by atoms with van der Waals surface area (Å²) in [6.07, 6.45) is 0. The standard InChI is InChI=1S/C21H19NO6/c1-13-19(20(22-28-13)14-7-5-4-6-8-14)21(24)27-12-16(23)15-9-10-17(25-2)18(11-15)26-3/h4-11H,12H2,1-3H3. The summed E-state index contributed by atoms with van der Waals surface area (Å²) in [6, 6.07) is 13.9. The molecule has 7 nitrogen and oxygen atoms in total. The SMILES string of the molecule is COc1ccc(C(=O)COC(=O)c2c(-c3ccccc3)noc2C)cc1OC. The van der Waals surface area contributed by atoms with E-state index in [1.807, 2.05) is 30.3 Å². The smallest absolute Gasteiger partial charge is 0.344 e. The van der Waals surface area contributed by atoms with E-state index in [0.29, 0.717) is 28.5 Å². The van der Waals surface area contributed by atoms with E-state index in [4.69, 9.17) is 18.7 Å². The first-order chi connectivity index (χ1) is 13.5. The quantitative estimate of drug-likeness (QED) is 0.455. The fraction of sp³-hybridized carbons (Fsp3) is 0.190. The average Bonchev–Trinajstić information content (AvgIpc) is 3.13. The minimum Gasteiger partial charge on any atom is -0.493 e. The van der Waals surface area contributed by atoms with Crippen molar-refractivity contribution in [1.82, 2.24) is 5.16 Å². The summed E-state index contributed by atoms with van der Waals surface area (Å²) in [5.74, 6) is 0.197. The van der Waals surface area contributed by atoms with Crippen LogP contribution in [0.5, 0.6) is 11.5 Å². The second-order valence-corrected chi connectivity index (χ2v) is 5.90. The lowest BCUT2D eigenvalue weighted by Crippen LogP contribution is -2.15. The lowest BCUT2D eigenvalue weighted by Gasteiger charge is -2.09. The summed E-state index contributed by atoms with van der Waals surface area (Å²) in [5, 5.41) is 3.94. The van der Waals surface area contributed by atoms with Gasteiger partial charge in [-0.3, -0.25) is 4.79 Å². The third kappa shape index (κ3) is 3.88. The first-order valence-electron chi connectivity index (χ1n) is 8.49. The monoisotopic (exact) mass is 381 g/mol. The zero-order chi connectivity index (χ0) is 20.1. The number of methoxy groups -OCH3 is 2. The Morgan fingerprint density at radius 3 is 2.39 bits per heavy atom. The third-order valence-corrected chi connectivity index (χ3v) is 4.15. The van der Waals surface area contributed by atoms with E-state index in [-0.39, 0.29) is 11.3 Å². The van der Waals surface area contributed by atoms with Gasteiger partial charge in [0.15, 0.2) is 23.9 Å². The maximum absolute atomic E-state index is 12.6. The molecule has 0 saturated carbocycles. The average molecular weight is 381 g/mol. The highest BCUT2D eigenvalue weighted by molar-refractivity contribution is 6.01. The third-order valence-electron chi connectivity index (χ3n) is 4.15. The lowest BCUT2D eigenvalue weighted by atomic mass is 10.1. The van der Waals surface area contributed by atoms with Crippen LogP contribution in [-0.4, -0.2) is 37.7 Å². The maximum Gasteiger partial charge on any atom is 0.344 e. The molecule has 1 aromatic heterocycles. The van der Waals surface area contributed by atoms with Crippen molar-refractivity contribution in [3.8, 4) is 22.8 Å². The molecule has 3 aromatic rings. The summed E-state index contributed by atoms with van der Waals surface area (Å²) in [4.78, 5) is 25.0. The highest BCUT2D eigenvalue weighted by Crippen LogP contribution is 2.28. The minimum atomic E-state index is -0.675. The number of benzene rings is 2. The molecule has 144 valence electrons. The van der Waals surface area contributed by atoms with Crippen molar-refractivity contribution in [3.05, 3.63) is 65.4 Å². The largest absolute Gasteiger partial charge is 0.493 e. The molecule has 1 heterocycles. The van der Waals surface area contributed by atoms with Crippen LogP contribution in [-0.2, 0) is 4.74 Å². The van der Waals surface area contributed by atoms with Crippen molar-refractivity contribution in [3.63, 3.8) is 0 Å². The predicted octanol–water partition coefficient (Wildman–Crippen LogP) is 3.71. The van der Waals surface area contributed by atoms with Crippen LogP contribution in [0.25, 0.3) is 11.3 Å². The van der Waals surface area contributed by atoms with Gasteiger partial charge in [0.2, 0.25) is 0 Å². The van der Waals surface area contributed by atoms with Crippen LogP contribution in [0.15, 0.2) is 53.1 Å². The molecule has 0 N–H and O–H groups in total. The van der Waals surface area contributed by atoms with Crippen molar-refractivity contribution in [2.24, 2.45) is 0 Å². The van der Waals surface area contributed by atoms with Gasteiger partial charge in [0.05, 0.1) is 14.2 Å². The van der Waals surface area contributed by atoms with E-state index in [2.05, 4.69) is 5.16 Å². The van der Waals surface area contributed by atoms with Crippen LogP contribution in [0.1, 0.15) is 26.5 Å². The first kappa shape index (κ1) is 19.2. The topological polar surface area (TPSA) is 87.9 Å². The summed E-state index contributed by atoms with van der Waals surface area (Å²) in [5.41, 5.74) is 1.64. The molecule has 0 unspecified atom stereocenters. The molecule has 0 spiro atoms. The Morgan fingerprint density at radius 2 is 1.71 bits per heavy atom. The molecule has 0 aliphatic heterocycles. The number of aryl methyl sites for hydroxylation is 1. The molecule has 2 aromatic carbocycles. The number of carbonyl (C=O) groups is 2. The summed E-state index contributed by atoms with van der Waals surface area (Å²) < 4.78 is 20.7. The van der Waals surface area contributed by atoms with Crippen molar-refractivity contribution in [2.45, 2.75) is 6.92 Å². The number of ether oxygens (including phenoxy) is 3. The normalized spacial score (nSPS) is 10.4. The van der Waals surface area contributed by atoms with Gasteiger partial charge in [-0.05, 0) is 25.1 Å². The van der Waals surface area contributed by atoms with E-state index in [0.717, 1.165) is 5.56 Å². The fourth-order valence-electron chi connectivity index (χ4n) is 2.70. The number of carbonyl (C=O) groups excluding carboxylic acids is 2. The fourth-order valence-corrected chi connectivity index (χ4v) is 2.70. The van der Waals surface area contributed by atoms with Gasteiger partial charge in [0.1, 0.15) is 17.0 Å². The van der Waals surface area contributed by atoms with Crippen molar-refractivity contribution in [2.75, 3.05) is 20.8 Å². The number of ketones is 1. The van der Waals surface area contributed by atoms with E-state index >= 15 is 0 Å². The van der Waals surface area contributed by atoms with Gasteiger partial charge < -0.3 is 18.7 Å². The number of rotatable bonds is 7. The summed E-state index contributed by atoms with van der Waals surface area (Å²) >= 11 is 0. The minimum absolute atomic E-state index is 0.200. The number of aromatic nitrogens is 1. The summed E-state index contributed by atoms with van der Waals surface area (Å²) in [7, 11) is 2.98. The Kier molecular flexibility index (Phi) is 5.74. The zero-order valence-corrected chi connectivity index (χ0v) is 15.7. The second-order valence-electron chi connectivity index (χ2n) is 5.90. The number of hydrogen-bond donors (Lipinski definition) is 0. The molecule has 0 bridgehead atoms. The van der Waals surface area contributed by atoms with Gasteiger partial charge in [0, 0.05) is 11.1 Å². The van der Waals surface area contributed by atoms with Crippen LogP contribution < -0.4 is 9.47 Å². The van der Waals surface area contributed by atoms with E-state index in [9.17, 15) is 9.59 Å². The molecule has 3 rings (SSSR count). The number of hydrogen-bond acceptors (Lipinski definition) is 7. The van der Waals surface area contributed by atoms with E-state index < -0.39 is 12.6 Å². The molecule has 28 heavy (non-hydrogen) atoms. The van der Waals surface area contributed by atoms with Gasteiger partial charge in [-0.15, -0.1) is 0 Å². The molecule has 0 amide bonds. The van der Waals surface area contributed by atoms with Crippen LogP contribution >= 0.6 is 0 Å². The molecule has 0 atom stereocenters. The Balaban J connectivity index is 1.75. The van der Waals surface area contributed by atoms with Crippen molar-refractivity contribution < 1.29 is 28.3 Å². The molecule has 0 aliphatic carbocycles. The number of nitrogens with zero attached hydrogens (tertiary/aromatic N) is 1. The van der Waals surface area contributed by atoms with Crippen LogP contribution in [0.4, 0.5) is 0 Å². The second kappa shape index (κ2) is 8.39. The molecule has 0 fully saturated rings. The Labute approximate surface area is 161 Å². The van der Waals surface area contributed by atoms with Gasteiger partial charge in [-0.25, -0.2) is 4.79 Å². The Hall–Kier alpha value is -3.61. The van der Waals surface area contributed by atoms with Crippen molar-refractivity contribution in [1.29, 1.82) is 0 Å². The van der Waals surface area contributed by atoms with E-state index in [1.165, 1.54) is 20.3 Å². The van der Waals surface area contributed by atoms with Crippen LogP contribution in [0.2, 0.25) is 0 Å². The number of Topliss-reactive ketones (excluding diaryl/α,β-unsaturated/α-hetero) is 1. The Bertz CT molecular complexity index is 993. The van der Waals surface area contributed by atoms with Crippen molar-refractivity contribution >= 4 is 11.8 Å². The molecular formula is C21H19NO6. The summed E-state index contributed by atoms with van der Waals surface area (Å²) in [6.45, 7) is 1.19. The Morgan fingerprint density at radius 1 is 1.00 bits per heavy atom. The van der Waals surface area contributed by atoms with Gasteiger partial charge >= 0.3 is 5.97 Å². The van der Waals surface area contributed by atoms with E-state index in [1.54, 1.807) is 19.1 Å². The van der Waals surface area contributed by atoms with Gasteiger partial charge in [-0.2, -0.15) is 0 Å². The first-order valence-corrected chi connectivity index (χ1v) is 8.49. The molecule has 0 radical (unpaired) electrons. The number of esters is 1. The molecule has 0 saturated heterocycles. The van der Waals surface area contributed by atoms with Gasteiger partial charge in [0.25, 0.3) is 0 Å². The molecule has 0 aliphatic rings. The highest BCUT2D eigenvalue weighted by Gasteiger charge is 2.24. The predicted molar refractivity (Wildman–Crippen MR) is 101 cm³/mol. The maximum atomic E-state index is 12.6. The van der Waals surface area contributed by atoms with Crippen LogP contribution in [0, 0.1) is 6.92 Å². The lowest BCUT2D eigenvalue weighted by molar-refractivity contribution is 0.0473. The zero-order valence-electron chi connectivity index (χ0n) is 15.7. The molecule has 7 heteroatoms.